The Hall–Kier alpha value is -0.840. The summed E-state index contributed by atoms with van der Waals surface area (Å²) in [4.78, 5) is 38.5. The van der Waals surface area contributed by atoms with Crippen LogP contribution < -0.4 is 0 Å². The third-order valence-corrected chi connectivity index (χ3v) is 13.0. The molecule has 36 heavy (non-hydrogen) atoms. The van der Waals surface area contributed by atoms with Gasteiger partial charge >= 0.3 is 5.97 Å². The van der Waals surface area contributed by atoms with E-state index in [-0.39, 0.29) is 18.4 Å². The maximum atomic E-state index is 17.3. The van der Waals surface area contributed by atoms with Gasteiger partial charge in [-0.05, 0) is 67.8 Å². The van der Waals surface area contributed by atoms with Crippen LogP contribution in [-0.2, 0) is 19.1 Å². The molecule has 9 atom stereocenters. The topological polar surface area (TPSA) is 80.7 Å². The van der Waals surface area contributed by atoms with Crippen LogP contribution in [0.2, 0.25) is 0 Å². The van der Waals surface area contributed by atoms with Crippen molar-refractivity contribution in [2.45, 2.75) is 74.6 Å². The van der Waals surface area contributed by atoms with Gasteiger partial charge in [-0.15, -0.1) is 36.2 Å². The number of hydrogen-bond acceptors (Lipinski definition) is 7. The van der Waals surface area contributed by atoms with E-state index in [1.165, 1.54) is 35.7 Å². The number of alkyl halides is 2. The molecule has 1 aliphatic heterocycles. The van der Waals surface area contributed by atoms with Crippen LogP contribution in [0.3, 0.4) is 0 Å². The van der Waals surface area contributed by atoms with Crippen molar-refractivity contribution in [1.82, 2.24) is 0 Å². The summed E-state index contributed by atoms with van der Waals surface area (Å²) in [7, 11) is 0. The minimum Gasteiger partial charge on any atom is -0.448 e. The van der Waals surface area contributed by atoms with E-state index in [1.54, 1.807) is 20.8 Å². The molecule has 0 aromatic rings. The highest BCUT2D eigenvalue weighted by Crippen LogP contribution is 2.71. The van der Waals surface area contributed by atoms with E-state index in [4.69, 9.17) is 4.74 Å². The van der Waals surface area contributed by atoms with Gasteiger partial charge in [-0.3, -0.25) is 9.59 Å². The lowest BCUT2D eigenvalue weighted by atomic mass is 9.44. The van der Waals surface area contributed by atoms with Crippen molar-refractivity contribution >= 4 is 53.0 Å². The van der Waals surface area contributed by atoms with Crippen LogP contribution in [-0.4, -0.2) is 61.6 Å². The lowest BCUT2D eigenvalue weighted by Crippen LogP contribution is -2.70. The van der Waals surface area contributed by atoms with Gasteiger partial charge in [0.1, 0.15) is 10.8 Å². The van der Waals surface area contributed by atoms with Crippen molar-refractivity contribution in [2.24, 2.45) is 28.6 Å². The molecule has 5 aliphatic rings. The average Bonchev–Trinajstić information content (AvgIpc) is 3.05. The second kappa shape index (κ2) is 8.85. The first-order valence-corrected chi connectivity index (χ1v) is 15.0. The summed E-state index contributed by atoms with van der Waals surface area (Å²) in [5, 5.41) is 10.9. The number of halogens is 2. The number of aliphatic hydroxyl groups excluding tert-OH is 1. The fraction of sp³-hybridized carbons (Fsp3) is 0.731. The van der Waals surface area contributed by atoms with E-state index in [2.05, 4.69) is 12.6 Å². The lowest BCUT2D eigenvalue weighted by Gasteiger charge is -2.63. The Morgan fingerprint density at radius 2 is 1.86 bits per heavy atom. The van der Waals surface area contributed by atoms with Crippen LogP contribution >= 0.6 is 36.2 Å². The summed E-state index contributed by atoms with van der Waals surface area (Å²) in [6.07, 6.45) is 1.58. The number of carbonyl (C=O) groups is 3. The number of rotatable bonds is 3. The predicted molar refractivity (Wildman–Crippen MR) is 139 cm³/mol. The smallest absolute Gasteiger partial charge is 0.330 e. The van der Waals surface area contributed by atoms with Crippen LogP contribution in [0.5, 0.6) is 0 Å². The number of esters is 1. The molecule has 1 N–H and O–H groups in total. The molecule has 1 saturated heterocycles. The van der Waals surface area contributed by atoms with Gasteiger partial charge in [-0.1, -0.05) is 19.9 Å². The van der Waals surface area contributed by atoms with Gasteiger partial charge in [0.05, 0.1) is 6.10 Å². The minimum absolute atomic E-state index is 0.0526. The van der Waals surface area contributed by atoms with E-state index < -0.39 is 73.6 Å². The van der Waals surface area contributed by atoms with Crippen molar-refractivity contribution in [3.63, 3.8) is 0 Å². The maximum Gasteiger partial charge on any atom is 0.330 e. The Kier molecular flexibility index (Phi) is 6.57. The van der Waals surface area contributed by atoms with Crippen LogP contribution in [0.4, 0.5) is 8.78 Å². The standard InChI is InChI=1S/C26H32F2O5S3/c1-13-9-15-16-11-18(27)17-10-14(29)5-6-23(17,2)25(16,28)19(30)12-24(15,3)26(13,22(32)34)33-20(31)21-35-7-4-8-36-21/h5-6,10,13,15-16,18-19,21,30H,4,7-9,11-12H2,1-3H3,(H,32,34)/t13?,15-,16-,18-,19-,23-,24-,25-,26-/m0/s1. The molecule has 5 nitrogen and oxygen atoms in total. The van der Waals surface area contributed by atoms with E-state index in [0.29, 0.717) is 6.42 Å². The molecule has 0 spiro atoms. The molecule has 3 saturated carbocycles. The van der Waals surface area contributed by atoms with Crippen LogP contribution in [0, 0.1) is 28.6 Å². The molecule has 0 bridgehead atoms. The van der Waals surface area contributed by atoms with Gasteiger partial charge in [0, 0.05) is 22.7 Å². The van der Waals surface area contributed by atoms with Crippen LogP contribution in [0.15, 0.2) is 23.8 Å². The van der Waals surface area contributed by atoms with Gasteiger partial charge in [-0.2, -0.15) is 0 Å². The van der Waals surface area contributed by atoms with Gasteiger partial charge in [0.25, 0.3) is 0 Å². The molecule has 5 rings (SSSR count). The monoisotopic (exact) mass is 558 g/mol. The van der Waals surface area contributed by atoms with Gasteiger partial charge < -0.3 is 9.84 Å². The average molecular weight is 559 g/mol. The van der Waals surface area contributed by atoms with Crippen molar-refractivity contribution in [3.8, 4) is 0 Å². The number of thiol groups is 1. The number of ether oxygens (including phenoxy) is 1. The largest absolute Gasteiger partial charge is 0.448 e. The first-order chi connectivity index (χ1) is 16.8. The molecule has 198 valence electrons. The summed E-state index contributed by atoms with van der Waals surface area (Å²) >= 11 is 7.15. The first-order valence-electron chi connectivity index (χ1n) is 12.5. The maximum absolute atomic E-state index is 17.3. The number of allylic oxidation sites excluding steroid dienone is 4. The number of aliphatic hydroxyl groups is 1. The highest BCUT2D eigenvalue weighted by molar-refractivity contribution is 8.18. The lowest BCUT2D eigenvalue weighted by molar-refractivity contribution is -0.228. The number of ketones is 1. The van der Waals surface area contributed by atoms with Gasteiger partial charge in [0.2, 0.25) is 5.12 Å². The number of hydrogen-bond donors (Lipinski definition) is 2. The molecule has 1 heterocycles. The normalized spacial score (nSPS) is 48.5. The Morgan fingerprint density at radius 3 is 2.50 bits per heavy atom. The molecule has 0 aromatic carbocycles. The summed E-state index contributed by atoms with van der Waals surface area (Å²) in [5.41, 5.74) is -6.51. The summed E-state index contributed by atoms with van der Waals surface area (Å²) in [5.74, 6) is -1.27. The molecule has 4 fully saturated rings. The molecular formula is C26H32F2O5S3. The fourth-order valence-electron chi connectivity index (χ4n) is 8.07. The SMILES string of the molecule is CC1C[C@H]2[C@@H]3C[C@H](F)C4=CC(=O)C=C[C@]4(C)[C@@]3(F)[C@@H](O)C[C@]2(C)[C@@]1(OC(=O)C1SCCCS1)C(=O)S. The molecule has 0 amide bonds. The van der Waals surface area contributed by atoms with Crippen molar-refractivity contribution < 1.29 is 33.0 Å². The van der Waals surface area contributed by atoms with Crippen molar-refractivity contribution in [1.29, 1.82) is 0 Å². The fourth-order valence-corrected chi connectivity index (χ4v) is 11.2. The minimum atomic E-state index is -2.25. The summed E-state index contributed by atoms with van der Waals surface area (Å²) < 4.78 is 38.6. The zero-order valence-corrected chi connectivity index (χ0v) is 23.1. The quantitative estimate of drug-likeness (QED) is 0.390. The first kappa shape index (κ1) is 26.8. The second-order valence-corrected chi connectivity index (χ2v) is 14.5. The molecule has 0 aromatic heterocycles. The van der Waals surface area contributed by atoms with E-state index in [0.717, 1.165) is 24.0 Å². The Labute approximate surface area is 224 Å². The van der Waals surface area contributed by atoms with Gasteiger partial charge in [0.15, 0.2) is 17.1 Å². The third kappa shape index (κ3) is 3.35. The molecular weight excluding hydrogens is 526 g/mol. The van der Waals surface area contributed by atoms with E-state index >= 15 is 8.78 Å². The predicted octanol–water partition coefficient (Wildman–Crippen LogP) is 4.49. The number of carbonyl (C=O) groups excluding carboxylic acids is 3. The second-order valence-electron chi connectivity index (χ2n) is 11.4. The molecule has 4 aliphatic carbocycles. The molecule has 1 unspecified atom stereocenters. The number of thioether (sulfide) groups is 2. The van der Waals surface area contributed by atoms with Crippen molar-refractivity contribution in [2.75, 3.05) is 11.5 Å². The van der Waals surface area contributed by atoms with Crippen molar-refractivity contribution in [3.05, 3.63) is 23.8 Å². The Morgan fingerprint density at radius 1 is 1.19 bits per heavy atom. The highest BCUT2D eigenvalue weighted by Gasteiger charge is 2.78. The van der Waals surface area contributed by atoms with Gasteiger partial charge in [-0.25, -0.2) is 13.6 Å². The zero-order valence-electron chi connectivity index (χ0n) is 20.5. The summed E-state index contributed by atoms with van der Waals surface area (Å²) in [6, 6.07) is 0. The van der Waals surface area contributed by atoms with Crippen LogP contribution in [0.1, 0.15) is 46.5 Å². The molecule has 10 heteroatoms. The van der Waals surface area contributed by atoms with Crippen LogP contribution in [0.25, 0.3) is 0 Å². The summed E-state index contributed by atoms with van der Waals surface area (Å²) in [6.45, 7) is 5.09. The zero-order chi connectivity index (χ0) is 26.3. The Bertz CT molecular complexity index is 1060. The highest BCUT2D eigenvalue weighted by atomic mass is 32.2. The molecule has 0 radical (unpaired) electrons. The number of fused-ring (bicyclic) bond motifs is 5. The van der Waals surface area contributed by atoms with E-state index in [9.17, 15) is 19.5 Å². The third-order valence-electron chi connectivity index (χ3n) is 9.77. The van der Waals surface area contributed by atoms with E-state index in [1.807, 2.05) is 0 Å². The Balaban J connectivity index is 1.58.